The molecular weight excluding hydrogens is 186 g/mol. The summed E-state index contributed by atoms with van der Waals surface area (Å²) in [6.45, 7) is 3.90. The molecule has 72 valence electrons. The van der Waals surface area contributed by atoms with E-state index in [1.54, 1.807) is 0 Å². The van der Waals surface area contributed by atoms with Crippen LogP contribution in [0.3, 0.4) is 0 Å². The second kappa shape index (κ2) is 3.85. The zero-order valence-corrected chi connectivity index (χ0v) is 8.73. The Morgan fingerprint density at radius 3 is 2.69 bits per heavy atom. The van der Waals surface area contributed by atoms with E-state index in [0.717, 1.165) is 10.6 Å². The van der Waals surface area contributed by atoms with Crippen molar-refractivity contribution in [2.24, 2.45) is 5.73 Å². The van der Waals surface area contributed by atoms with Crippen LogP contribution in [0.25, 0.3) is 0 Å². The Kier molecular flexibility index (Phi) is 3.00. The van der Waals surface area contributed by atoms with Gasteiger partial charge in [-0.1, -0.05) is 0 Å². The largest absolute Gasteiger partial charge is 0.364 e. The first-order chi connectivity index (χ1) is 6.06. The van der Waals surface area contributed by atoms with Crippen molar-refractivity contribution in [1.29, 1.82) is 0 Å². The number of aromatic nitrogens is 1. The Bertz CT molecular complexity index is 321. The topological polar surface area (TPSA) is 68.0 Å². The Labute approximate surface area is 81.2 Å². The number of carbonyl (C=O) groups is 1. The fourth-order valence-electron chi connectivity index (χ4n) is 1.05. The Balaban J connectivity index is 3.02. The molecule has 0 aliphatic heterocycles. The van der Waals surface area contributed by atoms with Crippen molar-refractivity contribution >= 4 is 17.2 Å². The van der Waals surface area contributed by atoms with Crippen molar-refractivity contribution in [2.75, 3.05) is 7.05 Å². The SMILES string of the molecule is CNC(C)c1sc(C(N)=O)nc1C. The number of hydrogen-bond donors (Lipinski definition) is 2. The molecule has 1 amide bonds. The number of nitrogens with zero attached hydrogens (tertiary/aromatic N) is 1. The van der Waals surface area contributed by atoms with Crippen LogP contribution in [0.1, 0.15) is 33.3 Å². The van der Waals surface area contributed by atoms with Crippen LogP contribution in [0.15, 0.2) is 0 Å². The van der Waals surface area contributed by atoms with E-state index in [-0.39, 0.29) is 6.04 Å². The third kappa shape index (κ3) is 2.05. The highest BCUT2D eigenvalue weighted by molar-refractivity contribution is 7.13. The van der Waals surface area contributed by atoms with Crippen LogP contribution in [0.4, 0.5) is 0 Å². The van der Waals surface area contributed by atoms with Gasteiger partial charge in [-0.15, -0.1) is 11.3 Å². The summed E-state index contributed by atoms with van der Waals surface area (Å²) in [5.41, 5.74) is 6.00. The minimum atomic E-state index is -0.456. The van der Waals surface area contributed by atoms with Gasteiger partial charge in [-0.25, -0.2) is 4.98 Å². The summed E-state index contributed by atoms with van der Waals surface area (Å²) in [6, 6.07) is 0.214. The van der Waals surface area contributed by atoms with Gasteiger partial charge in [0.15, 0.2) is 5.01 Å². The number of thiazole rings is 1. The molecule has 3 N–H and O–H groups in total. The van der Waals surface area contributed by atoms with Gasteiger partial charge < -0.3 is 11.1 Å². The van der Waals surface area contributed by atoms with Crippen molar-refractivity contribution in [2.45, 2.75) is 19.9 Å². The molecule has 1 heterocycles. The van der Waals surface area contributed by atoms with Crippen molar-refractivity contribution in [3.63, 3.8) is 0 Å². The molecule has 0 radical (unpaired) electrons. The summed E-state index contributed by atoms with van der Waals surface area (Å²) < 4.78 is 0. The molecule has 1 unspecified atom stereocenters. The lowest BCUT2D eigenvalue weighted by Gasteiger charge is -2.06. The first-order valence-electron chi connectivity index (χ1n) is 4.00. The van der Waals surface area contributed by atoms with Crippen molar-refractivity contribution in [1.82, 2.24) is 10.3 Å². The number of carbonyl (C=O) groups excluding carboxylic acids is 1. The molecule has 5 heteroatoms. The lowest BCUT2D eigenvalue weighted by molar-refractivity contribution is 0.1000. The van der Waals surface area contributed by atoms with Crippen LogP contribution in [0, 0.1) is 6.92 Å². The molecule has 0 aromatic carbocycles. The summed E-state index contributed by atoms with van der Waals surface area (Å²) in [6.07, 6.45) is 0. The average molecular weight is 199 g/mol. The molecule has 0 saturated heterocycles. The zero-order valence-electron chi connectivity index (χ0n) is 7.92. The van der Waals surface area contributed by atoms with Crippen molar-refractivity contribution in [3.05, 3.63) is 15.6 Å². The fraction of sp³-hybridized carbons (Fsp3) is 0.500. The molecular formula is C8H13N3OS. The van der Waals surface area contributed by atoms with Gasteiger partial charge >= 0.3 is 0 Å². The molecule has 1 aromatic heterocycles. The van der Waals surface area contributed by atoms with Gasteiger partial charge in [-0.05, 0) is 20.9 Å². The summed E-state index contributed by atoms with van der Waals surface area (Å²) in [5, 5.41) is 3.48. The lowest BCUT2D eigenvalue weighted by Crippen LogP contribution is -2.11. The van der Waals surface area contributed by atoms with Gasteiger partial charge in [0.2, 0.25) is 0 Å². The van der Waals surface area contributed by atoms with Gasteiger partial charge in [0, 0.05) is 10.9 Å². The fourth-order valence-corrected chi connectivity index (χ4v) is 2.03. The third-order valence-electron chi connectivity index (χ3n) is 1.87. The maximum absolute atomic E-state index is 10.8. The number of hydrogen-bond acceptors (Lipinski definition) is 4. The second-order valence-corrected chi connectivity index (χ2v) is 3.87. The molecule has 1 aromatic rings. The van der Waals surface area contributed by atoms with E-state index in [1.807, 2.05) is 20.9 Å². The monoisotopic (exact) mass is 199 g/mol. The molecule has 0 spiro atoms. The summed E-state index contributed by atoms with van der Waals surface area (Å²) in [4.78, 5) is 16.0. The predicted octanol–water partition coefficient (Wildman–Crippen LogP) is 0.831. The van der Waals surface area contributed by atoms with Crippen LogP contribution in [0.2, 0.25) is 0 Å². The van der Waals surface area contributed by atoms with Crippen molar-refractivity contribution < 1.29 is 4.79 Å². The molecule has 1 atom stereocenters. The maximum atomic E-state index is 10.8. The van der Waals surface area contributed by atoms with E-state index in [4.69, 9.17) is 5.73 Å². The van der Waals surface area contributed by atoms with E-state index in [1.165, 1.54) is 11.3 Å². The Morgan fingerprint density at radius 1 is 1.69 bits per heavy atom. The highest BCUT2D eigenvalue weighted by Gasteiger charge is 2.15. The van der Waals surface area contributed by atoms with Crippen LogP contribution in [-0.2, 0) is 0 Å². The van der Waals surface area contributed by atoms with Crippen LogP contribution in [0.5, 0.6) is 0 Å². The molecule has 4 nitrogen and oxygen atoms in total. The highest BCUT2D eigenvalue weighted by Crippen LogP contribution is 2.24. The number of primary amides is 1. The first kappa shape index (κ1) is 10.1. The van der Waals surface area contributed by atoms with E-state index in [2.05, 4.69) is 10.3 Å². The first-order valence-corrected chi connectivity index (χ1v) is 4.82. The van der Waals surface area contributed by atoms with Crippen LogP contribution < -0.4 is 11.1 Å². The average Bonchev–Trinajstić information content (AvgIpc) is 2.46. The highest BCUT2D eigenvalue weighted by atomic mass is 32.1. The normalized spacial score (nSPS) is 12.8. The van der Waals surface area contributed by atoms with E-state index in [9.17, 15) is 4.79 Å². The number of aryl methyl sites for hydroxylation is 1. The molecule has 0 aliphatic rings. The molecule has 0 fully saturated rings. The predicted molar refractivity (Wildman–Crippen MR) is 52.8 cm³/mol. The molecule has 13 heavy (non-hydrogen) atoms. The third-order valence-corrected chi connectivity index (χ3v) is 3.22. The van der Waals surface area contributed by atoms with E-state index < -0.39 is 5.91 Å². The zero-order chi connectivity index (χ0) is 10.0. The van der Waals surface area contributed by atoms with Gasteiger partial charge in [-0.3, -0.25) is 4.79 Å². The summed E-state index contributed by atoms with van der Waals surface area (Å²) >= 11 is 1.35. The minimum Gasteiger partial charge on any atom is -0.364 e. The molecule has 0 bridgehead atoms. The number of nitrogens with one attached hydrogen (secondary N) is 1. The number of amides is 1. The summed E-state index contributed by atoms with van der Waals surface area (Å²) in [7, 11) is 1.87. The van der Waals surface area contributed by atoms with Gasteiger partial charge in [0.1, 0.15) is 0 Å². The lowest BCUT2D eigenvalue weighted by atomic mass is 10.2. The standard InChI is InChI=1S/C8H13N3OS/c1-4(10-3)6-5(2)11-8(13-6)7(9)12/h4,10H,1-3H3,(H2,9,12). The second-order valence-electron chi connectivity index (χ2n) is 2.84. The van der Waals surface area contributed by atoms with Crippen LogP contribution in [-0.4, -0.2) is 17.9 Å². The molecule has 1 rings (SSSR count). The maximum Gasteiger partial charge on any atom is 0.277 e. The summed E-state index contributed by atoms with van der Waals surface area (Å²) in [5.74, 6) is -0.456. The number of rotatable bonds is 3. The van der Waals surface area contributed by atoms with Gasteiger partial charge in [-0.2, -0.15) is 0 Å². The molecule has 0 aliphatic carbocycles. The number of nitrogens with two attached hydrogens (primary N) is 1. The molecule has 0 saturated carbocycles. The van der Waals surface area contributed by atoms with Crippen molar-refractivity contribution in [3.8, 4) is 0 Å². The van der Waals surface area contributed by atoms with Gasteiger partial charge in [0.05, 0.1) is 5.69 Å². The van der Waals surface area contributed by atoms with Crippen LogP contribution >= 0.6 is 11.3 Å². The van der Waals surface area contributed by atoms with E-state index >= 15 is 0 Å². The Morgan fingerprint density at radius 2 is 2.31 bits per heavy atom. The smallest absolute Gasteiger partial charge is 0.277 e. The minimum absolute atomic E-state index is 0.214. The van der Waals surface area contributed by atoms with E-state index in [0.29, 0.717) is 5.01 Å². The quantitative estimate of drug-likeness (QED) is 0.757. The Hall–Kier alpha value is -0.940. The van der Waals surface area contributed by atoms with Gasteiger partial charge in [0.25, 0.3) is 5.91 Å².